The quantitative estimate of drug-likeness (QED) is 0.463. The van der Waals surface area contributed by atoms with Gasteiger partial charge in [0.15, 0.2) is 0 Å². The Hall–Kier alpha value is -3.32. The minimum Gasteiger partial charge on any atom is -0.494 e. The second-order valence-electron chi connectivity index (χ2n) is 7.50. The second-order valence-corrected chi connectivity index (χ2v) is 7.50. The number of nitrogens with zero attached hydrogens (tertiary/aromatic N) is 4. The molecule has 2 aromatic carbocycles. The van der Waals surface area contributed by atoms with Gasteiger partial charge in [-0.25, -0.2) is 4.98 Å². The minimum absolute atomic E-state index is 0.144. The normalized spacial score (nSPS) is 14.2. The molecular weight excluding hydrogens is 380 g/mol. The first-order valence-corrected chi connectivity index (χ1v) is 10.2. The molecule has 1 aliphatic heterocycles. The van der Waals surface area contributed by atoms with Gasteiger partial charge in [-0.15, -0.1) is 4.73 Å². The van der Waals surface area contributed by atoms with Gasteiger partial charge in [0.25, 0.3) is 5.56 Å². The van der Waals surface area contributed by atoms with Crippen molar-refractivity contribution in [1.82, 2.24) is 19.2 Å². The number of fused-ring (bicyclic) bond motifs is 4. The molecule has 0 aliphatic carbocycles. The van der Waals surface area contributed by atoms with Crippen molar-refractivity contribution < 1.29 is 9.57 Å². The maximum absolute atomic E-state index is 12.2. The molecule has 7 heteroatoms. The molecule has 0 N–H and O–H groups in total. The van der Waals surface area contributed by atoms with Crippen molar-refractivity contribution >= 4 is 21.9 Å². The van der Waals surface area contributed by atoms with E-state index in [-0.39, 0.29) is 5.56 Å². The second kappa shape index (κ2) is 7.84. The lowest BCUT2D eigenvalue weighted by Gasteiger charge is -2.27. The number of aromatic nitrogens is 3. The van der Waals surface area contributed by atoms with Crippen molar-refractivity contribution in [1.29, 1.82) is 0 Å². The summed E-state index contributed by atoms with van der Waals surface area (Å²) < 4.78 is 9.14. The van der Waals surface area contributed by atoms with Crippen molar-refractivity contribution in [3.63, 3.8) is 0 Å². The summed E-state index contributed by atoms with van der Waals surface area (Å²) in [6.45, 7) is 4.03. The van der Waals surface area contributed by atoms with Gasteiger partial charge in [-0.3, -0.25) is 9.69 Å². The van der Waals surface area contributed by atoms with Gasteiger partial charge in [-0.05, 0) is 30.7 Å². The van der Waals surface area contributed by atoms with E-state index in [0.717, 1.165) is 66.1 Å². The fourth-order valence-electron chi connectivity index (χ4n) is 4.15. The topological polar surface area (TPSA) is 61.5 Å². The summed E-state index contributed by atoms with van der Waals surface area (Å²) in [4.78, 5) is 25.2. The van der Waals surface area contributed by atoms with Crippen molar-refractivity contribution in [2.24, 2.45) is 0 Å². The Kier molecular flexibility index (Phi) is 4.88. The molecule has 0 bridgehead atoms. The van der Waals surface area contributed by atoms with E-state index in [1.165, 1.54) is 4.73 Å². The summed E-state index contributed by atoms with van der Waals surface area (Å²) in [6, 6.07) is 17.2. The largest absolute Gasteiger partial charge is 0.494 e. The Balaban J connectivity index is 1.23. The number of hydrogen-bond acceptors (Lipinski definition) is 5. The van der Waals surface area contributed by atoms with Gasteiger partial charge in [-0.2, -0.15) is 0 Å². The third-order valence-corrected chi connectivity index (χ3v) is 5.65. The molecule has 4 aromatic rings. The summed E-state index contributed by atoms with van der Waals surface area (Å²) in [5.41, 5.74) is 2.71. The first-order valence-electron chi connectivity index (χ1n) is 10.2. The molecule has 2 aromatic heterocycles. The molecule has 0 fully saturated rings. The number of imidazole rings is 1. The Labute approximate surface area is 174 Å². The molecule has 0 spiro atoms. The average molecular weight is 404 g/mol. The molecular formula is C23H24N4O3. The first-order chi connectivity index (χ1) is 14.7. The highest BCUT2D eigenvalue weighted by Gasteiger charge is 2.21. The van der Waals surface area contributed by atoms with Crippen molar-refractivity contribution in [3.8, 4) is 5.75 Å². The predicted molar refractivity (Wildman–Crippen MR) is 116 cm³/mol. The SMILES string of the molecule is COc1cccc2c1nc1n2CCN(CCCOn2c(=O)ccc3ccccc32)C1. The van der Waals surface area contributed by atoms with Crippen LogP contribution >= 0.6 is 0 Å². The average Bonchev–Trinajstić information content (AvgIpc) is 3.15. The molecule has 0 amide bonds. The van der Waals surface area contributed by atoms with E-state index < -0.39 is 0 Å². The van der Waals surface area contributed by atoms with Crippen LogP contribution in [0.2, 0.25) is 0 Å². The summed E-state index contributed by atoms with van der Waals surface area (Å²) in [5, 5.41) is 0.988. The van der Waals surface area contributed by atoms with Crippen molar-refractivity contribution in [2.75, 3.05) is 26.8 Å². The molecule has 7 nitrogen and oxygen atoms in total. The summed E-state index contributed by atoms with van der Waals surface area (Å²) in [5.74, 6) is 1.88. The van der Waals surface area contributed by atoms with Crippen LogP contribution in [-0.4, -0.2) is 46.0 Å². The third kappa shape index (κ3) is 3.31. The summed E-state index contributed by atoms with van der Waals surface area (Å²) in [7, 11) is 1.68. The van der Waals surface area contributed by atoms with Gasteiger partial charge in [-0.1, -0.05) is 24.3 Å². The zero-order chi connectivity index (χ0) is 20.5. The lowest BCUT2D eigenvalue weighted by atomic mass is 10.2. The van der Waals surface area contributed by atoms with Crippen LogP contribution in [0.4, 0.5) is 0 Å². The third-order valence-electron chi connectivity index (χ3n) is 5.65. The first kappa shape index (κ1) is 18.7. The van der Waals surface area contributed by atoms with Crippen LogP contribution in [-0.2, 0) is 13.1 Å². The maximum Gasteiger partial charge on any atom is 0.283 e. The van der Waals surface area contributed by atoms with E-state index in [1.54, 1.807) is 13.2 Å². The molecule has 0 saturated carbocycles. The maximum atomic E-state index is 12.2. The van der Waals surface area contributed by atoms with Crippen LogP contribution in [0.15, 0.2) is 59.4 Å². The standard InChI is InChI=1S/C23H24N4O3/c1-29-20-9-4-8-19-23(20)24-21-16-25(13-14-26(19)21)12-5-15-30-27-18-7-3-2-6-17(18)10-11-22(27)28/h2-4,6-11H,5,12-16H2,1H3. The van der Waals surface area contributed by atoms with Crippen LogP contribution in [0.3, 0.4) is 0 Å². The number of ether oxygens (including phenoxy) is 1. The predicted octanol–water partition coefficient (Wildman–Crippen LogP) is 2.69. The highest BCUT2D eigenvalue weighted by atomic mass is 16.7. The van der Waals surface area contributed by atoms with Gasteiger partial charge in [0.05, 0.1) is 24.7 Å². The monoisotopic (exact) mass is 404 g/mol. The zero-order valence-electron chi connectivity index (χ0n) is 17.0. The number of pyridine rings is 1. The van der Waals surface area contributed by atoms with E-state index in [2.05, 4.69) is 15.5 Å². The van der Waals surface area contributed by atoms with Gasteiger partial charge in [0.2, 0.25) is 0 Å². The van der Waals surface area contributed by atoms with Gasteiger partial charge in [0.1, 0.15) is 23.7 Å². The fourth-order valence-corrected chi connectivity index (χ4v) is 4.15. The molecule has 5 rings (SSSR count). The Morgan fingerprint density at radius 3 is 2.77 bits per heavy atom. The highest BCUT2D eigenvalue weighted by Crippen LogP contribution is 2.27. The van der Waals surface area contributed by atoms with E-state index in [1.807, 2.05) is 42.5 Å². The lowest BCUT2D eigenvalue weighted by molar-refractivity contribution is 0.0976. The number of hydrogen-bond donors (Lipinski definition) is 0. The molecule has 0 radical (unpaired) electrons. The van der Waals surface area contributed by atoms with Crippen LogP contribution in [0.25, 0.3) is 21.9 Å². The number of methoxy groups -OCH3 is 1. The van der Waals surface area contributed by atoms with Crippen LogP contribution < -0.4 is 15.1 Å². The molecule has 1 aliphatic rings. The van der Waals surface area contributed by atoms with Gasteiger partial charge >= 0.3 is 0 Å². The fraction of sp³-hybridized carbons (Fsp3) is 0.304. The van der Waals surface area contributed by atoms with Crippen molar-refractivity contribution in [3.05, 3.63) is 70.8 Å². The minimum atomic E-state index is -0.144. The number of benzene rings is 2. The molecule has 0 saturated heterocycles. The van der Waals surface area contributed by atoms with Crippen LogP contribution in [0.5, 0.6) is 5.75 Å². The summed E-state index contributed by atoms with van der Waals surface area (Å²) >= 11 is 0. The van der Waals surface area contributed by atoms with E-state index >= 15 is 0 Å². The Morgan fingerprint density at radius 1 is 1.00 bits per heavy atom. The number of rotatable bonds is 6. The van der Waals surface area contributed by atoms with E-state index in [4.69, 9.17) is 14.6 Å². The summed E-state index contributed by atoms with van der Waals surface area (Å²) in [6.07, 6.45) is 0.833. The van der Waals surface area contributed by atoms with Gasteiger partial charge < -0.3 is 14.1 Å². The van der Waals surface area contributed by atoms with Gasteiger partial charge in [0, 0.05) is 31.1 Å². The Bertz CT molecular complexity index is 1260. The molecule has 154 valence electrons. The molecule has 0 unspecified atom stereocenters. The van der Waals surface area contributed by atoms with Crippen LogP contribution in [0, 0.1) is 0 Å². The lowest BCUT2D eigenvalue weighted by Crippen LogP contribution is -2.35. The van der Waals surface area contributed by atoms with E-state index in [0.29, 0.717) is 6.61 Å². The van der Waals surface area contributed by atoms with E-state index in [9.17, 15) is 4.79 Å². The Morgan fingerprint density at radius 2 is 1.87 bits per heavy atom. The number of para-hydroxylation sites is 2. The van der Waals surface area contributed by atoms with Crippen molar-refractivity contribution in [2.45, 2.75) is 19.5 Å². The smallest absolute Gasteiger partial charge is 0.283 e. The molecule has 30 heavy (non-hydrogen) atoms. The van der Waals surface area contributed by atoms with Crippen LogP contribution in [0.1, 0.15) is 12.2 Å². The zero-order valence-corrected chi connectivity index (χ0v) is 17.0. The molecule has 3 heterocycles. The highest BCUT2D eigenvalue weighted by molar-refractivity contribution is 5.82. The molecule has 0 atom stereocenters.